The Hall–Kier alpha value is -3.40. The van der Waals surface area contributed by atoms with E-state index in [2.05, 4.69) is 20.3 Å². The van der Waals surface area contributed by atoms with E-state index in [-0.39, 0.29) is 12.1 Å². The number of para-hydroxylation sites is 2. The minimum atomic E-state index is -3.51. The molecule has 0 bridgehead atoms. The van der Waals surface area contributed by atoms with Crippen LogP contribution in [0.15, 0.2) is 53.5 Å². The van der Waals surface area contributed by atoms with Crippen molar-refractivity contribution in [3.8, 4) is 0 Å². The van der Waals surface area contributed by atoms with Gasteiger partial charge >= 0.3 is 0 Å². The number of aliphatic imine (C=N–C) groups is 1. The van der Waals surface area contributed by atoms with Gasteiger partial charge in [0.1, 0.15) is 5.69 Å². The maximum atomic E-state index is 13.4. The monoisotopic (exact) mass is 471 g/mol. The van der Waals surface area contributed by atoms with Gasteiger partial charge in [-0.05, 0) is 37.3 Å². The lowest BCUT2D eigenvalue weighted by atomic mass is 10.1. The van der Waals surface area contributed by atoms with Crippen LogP contribution in [0.1, 0.15) is 22.8 Å². The number of nitrogens with zero attached hydrogens (tertiary/aromatic N) is 4. The van der Waals surface area contributed by atoms with Crippen molar-refractivity contribution in [2.75, 3.05) is 22.9 Å². The molecule has 10 heteroatoms. The van der Waals surface area contributed by atoms with Crippen molar-refractivity contribution >= 4 is 38.5 Å². The van der Waals surface area contributed by atoms with E-state index in [4.69, 9.17) is 0 Å². The number of aryl methyl sites for hydroxylation is 1. The predicted molar refractivity (Wildman–Crippen MR) is 126 cm³/mol. The second-order valence-electron chi connectivity index (χ2n) is 7.86. The summed E-state index contributed by atoms with van der Waals surface area (Å²) < 4.78 is 52.1. The quantitative estimate of drug-likeness (QED) is 0.552. The van der Waals surface area contributed by atoms with Crippen LogP contribution in [0.25, 0.3) is 0 Å². The second kappa shape index (κ2) is 8.86. The van der Waals surface area contributed by atoms with Crippen LogP contribution < -0.4 is 9.62 Å². The predicted octanol–water partition coefficient (Wildman–Crippen LogP) is 4.41. The van der Waals surface area contributed by atoms with Crippen LogP contribution in [0, 0.1) is 6.92 Å². The van der Waals surface area contributed by atoms with Crippen molar-refractivity contribution in [1.29, 1.82) is 0 Å². The van der Waals surface area contributed by atoms with E-state index >= 15 is 0 Å². The summed E-state index contributed by atoms with van der Waals surface area (Å²) in [6, 6.07) is 14.3. The van der Waals surface area contributed by atoms with Gasteiger partial charge in [-0.3, -0.25) is 14.3 Å². The molecule has 0 amide bonds. The highest BCUT2D eigenvalue weighted by atomic mass is 32.2. The number of hydrogen-bond acceptors (Lipinski definition) is 6. The lowest BCUT2D eigenvalue weighted by Gasteiger charge is -2.21. The SMILES string of the molecule is Cc1cccc(Cc2cc(Nc3ccccc3N(C)S(C)(=O)=O)c3c(n2)CC(C(F)F)=N3)n1. The van der Waals surface area contributed by atoms with Gasteiger partial charge in [-0.2, -0.15) is 0 Å². The van der Waals surface area contributed by atoms with Gasteiger partial charge in [0, 0.05) is 37.0 Å². The number of hydrogen-bond donors (Lipinski definition) is 1. The van der Waals surface area contributed by atoms with E-state index in [1.165, 1.54) is 7.05 Å². The van der Waals surface area contributed by atoms with Gasteiger partial charge < -0.3 is 5.32 Å². The number of sulfonamides is 1. The molecule has 0 atom stereocenters. The van der Waals surface area contributed by atoms with Crippen molar-refractivity contribution in [1.82, 2.24) is 9.97 Å². The van der Waals surface area contributed by atoms with E-state index in [0.29, 0.717) is 40.6 Å². The molecule has 0 radical (unpaired) electrons. The molecule has 172 valence electrons. The Bertz CT molecular complexity index is 1340. The van der Waals surface area contributed by atoms with Gasteiger partial charge in [-0.25, -0.2) is 22.2 Å². The molecule has 1 aromatic carbocycles. The molecule has 2 aromatic heterocycles. The highest BCUT2D eigenvalue weighted by Crippen LogP contribution is 2.39. The summed E-state index contributed by atoms with van der Waals surface area (Å²) in [5.41, 5.74) is 4.26. The fraction of sp³-hybridized carbons (Fsp3) is 0.261. The van der Waals surface area contributed by atoms with Crippen LogP contribution >= 0.6 is 0 Å². The number of aromatic nitrogens is 2. The molecular formula is C23H23F2N5O2S. The van der Waals surface area contributed by atoms with E-state index in [9.17, 15) is 17.2 Å². The fourth-order valence-electron chi connectivity index (χ4n) is 3.62. The van der Waals surface area contributed by atoms with Crippen molar-refractivity contribution in [3.63, 3.8) is 0 Å². The normalized spacial score (nSPS) is 13.1. The standard InChI is InChI=1S/C23H23F2N5O2S/c1-14-7-6-8-15(26-14)11-16-12-18(22-19(27-16)13-20(29-22)23(24)25)28-17-9-4-5-10-21(17)30(2)33(3,31)32/h4-10,12,23H,11,13H2,1-3H3,(H,27,28). The van der Waals surface area contributed by atoms with Gasteiger partial charge in [-0.1, -0.05) is 18.2 Å². The Morgan fingerprint density at radius 3 is 2.52 bits per heavy atom. The van der Waals surface area contributed by atoms with Crippen molar-refractivity contribution in [3.05, 3.63) is 71.3 Å². The zero-order valence-corrected chi connectivity index (χ0v) is 19.2. The molecule has 33 heavy (non-hydrogen) atoms. The van der Waals surface area contributed by atoms with Gasteiger partial charge in [0.15, 0.2) is 0 Å². The summed E-state index contributed by atoms with van der Waals surface area (Å²) in [4.78, 5) is 13.2. The molecule has 0 aliphatic carbocycles. The Labute approximate surface area is 191 Å². The maximum Gasteiger partial charge on any atom is 0.277 e. The molecule has 0 saturated carbocycles. The molecular weight excluding hydrogens is 448 g/mol. The van der Waals surface area contributed by atoms with Crippen LogP contribution in [0.3, 0.4) is 0 Å². The van der Waals surface area contributed by atoms with Crippen molar-refractivity contribution in [2.24, 2.45) is 4.99 Å². The number of nitrogens with one attached hydrogen (secondary N) is 1. The van der Waals surface area contributed by atoms with Gasteiger partial charge in [0.25, 0.3) is 6.43 Å². The fourth-order valence-corrected chi connectivity index (χ4v) is 4.14. The molecule has 0 fully saturated rings. The average molecular weight is 472 g/mol. The zero-order valence-electron chi connectivity index (χ0n) is 18.4. The molecule has 3 heterocycles. The minimum absolute atomic E-state index is 0.0400. The van der Waals surface area contributed by atoms with Gasteiger partial charge in [0.05, 0.1) is 34.7 Å². The topological polar surface area (TPSA) is 87.5 Å². The zero-order chi connectivity index (χ0) is 23.8. The molecule has 1 aliphatic rings. The lowest BCUT2D eigenvalue weighted by Crippen LogP contribution is -2.25. The van der Waals surface area contributed by atoms with Crippen LogP contribution in [0.2, 0.25) is 0 Å². The number of benzene rings is 1. The first-order chi connectivity index (χ1) is 15.6. The summed E-state index contributed by atoms with van der Waals surface area (Å²) in [7, 11) is -2.06. The largest absolute Gasteiger partial charge is 0.352 e. The highest BCUT2D eigenvalue weighted by Gasteiger charge is 2.27. The maximum absolute atomic E-state index is 13.4. The van der Waals surface area contributed by atoms with Crippen molar-refractivity contribution < 1.29 is 17.2 Å². The Balaban J connectivity index is 1.77. The first-order valence-corrected chi connectivity index (χ1v) is 12.1. The minimum Gasteiger partial charge on any atom is -0.352 e. The molecule has 1 N–H and O–H groups in total. The highest BCUT2D eigenvalue weighted by molar-refractivity contribution is 7.92. The molecule has 0 unspecified atom stereocenters. The van der Waals surface area contributed by atoms with E-state index in [0.717, 1.165) is 21.9 Å². The Morgan fingerprint density at radius 2 is 1.82 bits per heavy atom. The molecule has 7 nitrogen and oxygen atoms in total. The van der Waals surface area contributed by atoms with Gasteiger partial charge in [-0.15, -0.1) is 0 Å². The molecule has 3 aromatic rings. The number of halogens is 2. The molecule has 0 spiro atoms. The Morgan fingerprint density at radius 1 is 1.06 bits per heavy atom. The van der Waals surface area contributed by atoms with Crippen LogP contribution in [0.5, 0.6) is 0 Å². The summed E-state index contributed by atoms with van der Waals surface area (Å²) in [5, 5.41) is 3.20. The summed E-state index contributed by atoms with van der Waals surface area (Å²) in [6.07, 6.45) is -1.20. The van der Waals surface area contributed by atoms with Gasteiger partial charge in [0.2, 0.25) is 10.0 Å². The number of alkyl halides is 2. The third kappa shape index (κ3) is 5.00. The third-order valence-electron chi connectivity index (χ3n) is 5.29. The second-order valence-corrected chi connectivity index (χ2v) is 9.87. The summed E-state index contributed by atoms with van der Waals surface area (Å²) in [5.74, 6) is 0. The summed E-state index contributed by atoms with van der Waals surface area (Å²) in [6.45, 7) is 1.89. The van der Waals surface area contributed by atoms with Crippen LogP contribution in [-0.2, 0) is 22.9 Å². The first kappa shape index (κ1) is 22.8. The van der Waals surface area contributed by atoms with Crippen LogP contribution in [-0.4, -0.2) is 43.8 Å². The first-order valence-electron chi connectivity index (χ1n) is 10.2. The van der Waals surface area contributed by atoms with E-state index in [1.54, 1.807) is 30.3 Å². The molecule has 4 rings (SSSR count). The summed E-state index contributed by atoms with van der Waals surface area (Å²) >= 11 is 0. The van der Waals surface area contributed by atoms with E-state index in [1.807, 2.05) is 25.1 Å². The smallest absolute Gasteiger partial charge is 0.277 e. The van der Waals surface area contributed by atoms with E-state index < -0.39 is 16.4 Å². The third-order valence-corrected chi connectivity index (χ3v) is 6.48. The molecule has 0 saturated heterocycles. The number of rotatable bonds is 7. The van der Waals surface area contributed by atoms with Crippen LogP contribution in [0.4, 0.5) is 31.5 Å². The number of fused-ring (bicyclic) bond motifs is 1. The average Bonchev–Trinajstić information content (AvgIpc) is 3.18. The van der Waals surface area contributed by atoms with Crippen molar-refractivity contribution in [2.45, 2.75) is 26.2 Å². The number of anilines is 3. The number of pyridine rings is 2. The molecule has 1 aliphatic heterocycles. The lowest BCUT2D eigenvalue weighted by molar-refractivity contribution is 0.224. The Kier molecular flexibility index (Phi) is 6.11.